The Morgan fingerprint density at radius 3 is 1.92 bits per heavy atom. The summed E-state index contributed by atoms with van der Waals surface area (Å²) < 4.78 is 0. The van der Waals surface area contributed by atoms with Gasteiger partial charge in [-0.15, -0.1) is 0 Å². The van der Waals surface area contributed by atoms with Gasteiger partial charge >= 0.3 is 7.12 Å². The molecule has 0 saturated carbocycles. The van der Waals surface area contributed by atoms with E-state index < -0.39 is 7.12 Å². The van der Waals surface area contributed by atoms with Crippen molar-refractivity contribution >= 4 is 29.6 Å². The number of nitrogens with zero attached hydrogens (tertiary/aromatic N) is 1. The van der Waals surface area contributed by atoms with Crippen LogP contribution < -0.4 is 10.4 Å². The maximum atomic E-state index is 10.2. The molecule has 2 N–H and O–H groups in total. The van der Waals surface area contributed by atoms with Crippen LogP contribution in [0.1, 0.15) is 25.0 Å². The van der Waals surface area contributed by atoms with Gasteiger partial charge in [-0.05, 0) is 63.7 Å². The molecule has 4 heteroatoms. The fourth-order valence-corrected chi connectivity index (χ4v) is 5.62. The molecule has 180 valence electrons. The second kappa shape index (κ2) is 9.08. The van der Waals surface area contributed by atoms with E-state index in [0.717, 1.165) is 28.2 Å². The first-order valence-corrected chi connectivity index (χ1v) is 12.6. The van der Waals surface area contributed by atoms with Crippen molar-refractivity contribution in [2.75, 3.05) is 4.90 Å². The van der Waals surface area contributed by atoms with Crippen molar-refractivity contribution in [1.29, 1.82) is 0 Å². The van der Waals surface area contributed by atoms with Crippen LogP contribution >= 0.6 is 0 Å². The molecule has 0 bridgehead atoms. The average Bonchev–Trinajstić information content (AvgIpc) is 3.16. The van der Waals surface area contributed by atoms with Crippen LogP contribution in [0.4, 0.5) is 17.1 Å². The number of para-hydroxylation sites is 1. The first kappa shape index (κ1) is 23.3. The maximum Gasteiger partial charge on any atom is 0.490 e. The highest BCUT2D eigenvalue weighted by atomic mass is 16.4. The zero-order valence-corrected chi connectivity index (χ0v) is 21.0. The molecule has 0 saturated heterocycles. The summed E-state index contributed by atoms with van der Waals surface area (Å²) in [6.07, 6.45) is 0. The molecule has 0 amide bonds. The second-order valence-corrected chi connectivity index (χ2v) is 10.1. The molecule has 5 aromatic rings. The molecule has 0 unspecified atom stereocenters. The molecule has 0 heterocycles. The first-order chi connectivity index (χ1) is 17.9. The van der Waals surface area contributed by atoms with Crippen molar-refractivity contribution in [3.05, 3.63) is 132 Å². The minimum atomic E-state index is -1.59. The number of benzene rings is 5. The van der Waals surface area contributed by atoms with E-state index in [1.165, 1.54) is 22.3 Å². The van der Waals surface area contributed by atoms with E-state index in [4.69, 9.17) is 0 Å². The van der Waals surface area contributed by atoms with Gasteiger partial charge in [-0.1, -0.05) is 105 Å². The van der Waals surface area contributed by atoms with Crippen LogP contribution in [0.25, 0.3) is 22.3 Å². The molecule has 0 radical (unpaired) electrons. The zero-order chi connectivity index (χ0) is 25.6. The van der Waals surface area contributed by atoms with E-state index in [0.29, 0.717) is 5.46 Å². The van der Waals surface area contributed by atoms with E-state index in [2.05, 4.69) is 97.6 Å². The molecule has 0 fully saturated rings. The van der Waals surface area contributed by atoms with Crippen molar-refractivity contribution < 1.29 is 10.0 Å². The number of anilines is 3. The Morgan fingerprint density at radius 2 is 1.16 bits per heavy atom. The monoisotopic (exact) mass is 481 g/mol. The molecule has 1 aliphatic rings. The molecule has 0 atom stereocenters. The first-order valence-electron chi connectivity index (χ1n) is 12.6. The summed E-state index contributed by atoms with van der Waals surface area (Å²) in [5.74, 6) is 0. The second-order valence-electron chi connectivity index (χ2n) is 10.1. The normalized spacial score (nSPS) is 13.1. The highest BCUT2D eigenvalue weighted by Crippen LogP contribution is 2.50. The fraction of sp³-hybridized carbons (Fsp3) is 0.0909. The van der Waals surface area contributed by atoms with Crippen molar-refractivity contribution in [3.8, 4) is 22.3 Å². The van der Waals surface area contributed by atoms with Gasteiger partial charge in [0.05, 0.1) is 0 Å². The lowest BCUT2D eigenvalue weighted by molar-refractivity contribution is 0.426. The van der Waals surface area contributed by atoms with Gasteiger partial charge in [0.15, 0.2) is 0 Å². The number of hydrogen-bond donors (Lipinski definition) is 2. The van der Waals surface area contributed by atoms with Crippen molar-refractivity contribution in [1.82, 2.24) is 0 Å². The number of fused-ring (bicyclic) bond motifs is 3. The molecule has 1 aliphatic carbocycles. The van der Waals surface area contributed by atoms with Crippen molar-refractivity contribution in [2.45, 2.75) is 19.3 Å². The lowest BCUT2D eigenvalue weighted by atomic mass is 9.78. The van der Waals surface area contributed by atoms with Gasteiger partial charge in [0.2, 0.25) is 0 Å². The quantitative estimate of drug-likeness (QED) is 0.271. The number of hydrogen-bond acceptors (Lipinski definition) is 3. The summed E-state index contributed by atoms with van der Waals surface area (Å²) in [5, 5.41) is 20.4. The van der Waals surface area contributed by atoms with Crippen LogP contribution in [-0.4, -0.2) is 17.2 Å². The zero-order valence-electron chi connectivity index (χ0n) is 21.0. The molecule has 0 aliphatic heterocycles. The predicted octanol–water partition coefficient (Wildman–Crippen LogP) is 6.81. The van der Waals surface area contributed by atoms with E-state index in [1.54, 1.807) is 6.07 Å². The van der Waals surface area contributed by atoms with E-state index >= 15 is 0 Å². The van der Waals surface area contributed by atoms with Crippen LogP contribution in [0.15, 0.2) is 121 Å². The van der Waals surface area contributed by atoms with Gasteiger partial charge in [-0.3, -0.25) is 0 Å². The summed E-state index contributed by atoms with van der Waals surface area (Å²) >= 11 is 0. The predicted molar refractivity (Wildman–Crippen MR) is 154 cm³/mol. The largest absolute Gasteiger partial charge is 0.490 e. The third-order valence-corrected chi connectivity index (χ3v) is 7.51. The van der Waals surface area contributed by atoms with Crippen LogP contribution in [0.2, 0.25) is 0 Å². The minimum absolute atomic E-state index is 0.0776. The standard InChI is InChI=1S/C33H28BNO2/c1-33(2)29-13-7-6-12-27(29)28-22-26(20-21-30(28)33)35(32-15-9-8-14-31(32)34(36)37)25-18-16-24(17-19-25)23-10-4-3-5-11-23/h3-22,36-37H,1-2H3. The molecule has 0 spiro atoms. The molecule has 6 rings (SSSR count). The third kappa shape index (κ3) is 3.95. The summed E-state index contributed by atoms with van der Waals surface area (Å²) in [7, 11) is -1.59. The average molecular weight is 481 g/mol. The van der Waals surface area contributed by atoms with Crippen LogP contribution in [-0.2, 0) is 5.41 Å². The number of rotatable bonds is 5. The molecule has 3 nitrogen and oxygen atoms in total. The van der Waals surface area contributed by atoms with Crippen molar-refractivity contribution in [3.63, 3.8) is 0 Å². The highest BCUT2D eigenvalue weighted by Gasteiger charge is 2.35. The van der Waals surface area contributed by atoms with Gasteiger partial charge in [0.25, 0.3) is 0 Å². The van der Waals surface area contributed by atoms with E-state index in [9.17, 15) is 10.0 Å². The Hall–Kier alpha value is -4.12. The van der Waals surface area contributed by atoms with Gasteiger partial charge in [0.1, 0.15) is 0 Å². The minimum Gasteiger partial charge on any atom is -0.423 e. The molecule has 5 aromatic carbocycles. The van der Waals surface area contributed by atoms with Crippen LogP contribution in [0, 0.1) is 0 Å². The Morgan fingerprint density at radius 1 is 0.568 bits per heavy atom. The lowest BCUT2D eigenvalue weighted by Gasteiger charge is -2.29. The molecular formula is C33H28BNO2. The molecule has 37 heavy (non-hydrogen) atoms. The van der Waals surface area contributed by atoms with E-state index in [-0.39, 0.29) is 5.41 Å². The summed E-state index contributed by atoms with van der Waals surface area (Å²) in [6, 6.07) is 41.3. The van der Waals surface area contributed by atoms with Crippen LogP contribution in [0.3, 0.4) is 0 Å². The van der Waals surface area contributed by atoms with Gasteiger partial charge < -0.3 is 14.9 Å². The Bertz CT molecular complexity index is 1580. The van der Waals surface area contributed by atoms with Gasteiger partial charge in [-0.2, -0.15) is 0 Å². The summed E-state index contributed by atoms with van der Waals surface area (Å²) in [6.45, 7) is 4.55. The van der Waals surface area contributed by atoms with Crippen molar-refractivity contribution in [2.24, 2.45) is 0 Å². The van der Waals surface area contributed by atoms with E-state index in [1.807, 2.05) is 36.4 Å². The van der Waals surface area contributed by atoms with Gasteiger partial charge in [0, 0.05) is 27.9 Å². The maximum absolute atomic E-state index is 10.2. The smallest absolute Gasteiger partial charge is 0.423 e. The lowest BCUT2D eigenvalue weighted by Crippen LogP contribution is -2.34. The Kier molecular flexibility index (Phi) is 5.71. The molecule has 0 aromatic heterocycles. The summed E-state index contributed by atoms with van der Waals surface area (Å²) in [4.78, 5) is 2.11. The SMILES string of the molecule is CC1(C)c2ccccc2-c2cc(N(c3ccc(-c4ccccc4)cc3)c3ccccc3B(O)O)ccc21. The molecular weight excluding hydrogens is 453 g/mol. The Labute approximate surface area is 218 Å². The third-order valence-electron chi connectivity index (χ3n) is 7.51. The van der Waals surface area contributed by atoms with Crippen LogP contribution in [0.5, 0.6) is 0 Å². The topological polar surface area (TPSA) is 43.7 Å². The fourth-order valence-electron chi connectivity index (χ4n) is 5.62. The Balaban J connectivity index is 1.53. The summed E-state index contributed by atoms with van der Waals surface area (Å²) in [5.41, 5.74) is 10.4. The highest BCUT2D eigenvalue weighted by molar-refractivity contribution is 6.60. The van der Waals surface area contributed by atoms with Gasteiger partial charge in [-0.25, -0.2) is 0 Å².